The summed E-state index contributed by atoms with van der Waals surface area (Å²) in [5.41, 5.74) is 3.02. The molecule has 0 unspecified atom stereocenters. The Morgan fingerprint density at radius 1 is 0.947 bits per heavy atom. The van der Waals surface area contributed by atoms with Crippen LogP contribution in [0.15, 0.2) is 59.1 Å². The highest BCUT2D eigenvalue weighted by molar-refractivity contribution is 5.60. The van der Waals surface area contributed by atoms with Gasteiger partial charge in [0.05, 0.1) is 0 Å². The zero-order valence-corrected chi connectivity index (χ0v) is 10.5. The number of rotatable bonds is 3. The molecule has 3 aromatic rings. The van der Waals surface area contributed by atoms with Crippen molar-refractivity contribution in [2.45, 2.75) is 6.92 Å². The Hall–Kier alpha value is -2.62. The largest absolute Gasteiger partial charge is 0.332 e. The lowest BCUT2D eigenvalue weighted by Gasteiger charge is -2.03. The van der Waals surface area contributed by atoms with Gasteiger partial charge in [0.25, 0.3) is 11.8 Å². The Kier molecular flexibility index (Phi) is 2.98. The molecule has 1 N–H and O–H groups in total. The van der Waals surface area contributed by atoms with E-state index in [4.69, 9.17) is 4.52 Å². The van der Waals surface area contributed by atoms with Crippen LogP contribution in [0.4, 0.5) is 11.6 Å². The maximum absolute atomic E-state index is 5.24. The number of nitrogens with zero attached hydrogens (tertiary/aromatic N) is 2. The molecule has 2 aromatic carbocycles. The van der Waals surface area contributed by atoms with Crippen molar-refractivity contribution in [2.24, 2.45) is 0 Å². The van der Waals surface area contributed by atoms with Crippen LogP contribution in [0, 0.1) is 6.92 Å². The van der Waals surface area contributed by atoms with E-state index in [9.17, 15) is 0 Å². The highest BCUT2D eigenvalue weighted by Gasteiger charge is 2.08. The van der Waals surface area contributed by atoms with Gasteiger partial charge in [-0.05, 0) is 35.8 Å². The van der Waals surface area contributed by atoms with E-state index in [0.29, 0.717) is 11.8 Å². The van der Waals surface area contributed by atoms with Gasteiger partial charge in [0.1, 0.15) is 0 Å². The van der Waals surface area contributed by atoms with Gasteiger partial charge in [0.2, 0.25) is 0 Å². The first-order valence-corrected chi connectivity index (χ1v) is 6.05. The van der Waals surface area contributed by atoms with Gasteiger partial charge in [-0.25, -0.2) is 0 Å². The first kappa shape index (κ1) is 11.5. The lowest BCUT2D eigenvalue weighted by Crippen LogP contribution is -1.94. The Bertz CT molecular complexity index is 677. The SMILES string of the molecule is Cc1ccccc1Nc1noc(-c2ccccc2)n1. The fraction of sp³-hybridized carbons (Fsp3) is 0.0667. The highest BCUT2D eigenvalue weighted by atomic mass is 16.5. The van der Waals surface area contributed by atoms with Crippen LogP contribution < -0.4 is 5.32 Å². The van der Waals surface area contributed by atoms with Crippen LogP contribution in [-0.2, 0) is 0 Å². The second-order valence-electron chi connectivity index (χ2n) is 4.23. The third-order valence-corrected chi connectivity index (χ3v) is 2.84. The molecule has 0 atom stereocenters. The van der Waals surface area contributed by atoms with Gasteiger partial charge in [0, 0.05) is 11.3 Å². The smallest absolute Gasteiger partial charge is 0.268 e. The van der Waals surface area contributed by atoms with E-state index < -0.39 is 0 Å². The van der Waals surface area contributed by atoms with E-state index in [2.05, 4.69) is 15.5 Å². The van der Waals surface area contributed by atoms with Crippen molar-refractivity contribution < 1.29 is 4.52 Å². The molecule has 19 heavy (non-hydrogen) atoms. The molecule has 0 aliphatic rings. The van der Waals surface area contributed by atoms with Crippen molar-refractivity contribution in [2.75, 3.05) is 5.32 Å². The third-order valence-electron chi connectivity index (χ3n) is 2.84. The second kappa shape index (κ2) is 4.94. The summed E-state index contributed by atoms with van der Waals surface area (Å²) in [5, 5.41) is 7.08. The molecule has 1 aromatic heterocycles. The zero-order chi connectivity index (χ0) is 13.1. The Balaban J connectivity index is 1.85. The number of anilines is 2. The van der Waals surface area contributed by atoms with Gasteiger partial charge in [-0.2, -0.15) is 4.98 Å². The summed E-state index contributed by atoms with van der Waals surface area (Å²) in [6, 6.07) is 17.7. The molecule has 0 aliphatic heterocycles. The third kappa shape index (κ3) is 2.47. The number of aromatic nitrogens is 2. The minimum atomic E-state index is 0.466. The predicted molar refractivity (Wildman–Crippen MR) is 74.2 cm³/mol. The van der Waals surface area contributed by atoms with Gasteiger partial charge in [-0.1, -0.05) is 36.4 Å². The average molecular weight is 251 g/mol. The zero-order valence-electron chi connectivity index (χ0n) is 10.5. The Morgan fingerprint density at radius 2 is 1.68 bits per heavy atom. The van der Waals surface area contributed by atoms with Crippen LogP contribution in [0.3, 0.4) is 0 Å². The molecule has 0 aliphatic carbocycles. The Morgan fingerprint density at radius 3 is 2.47 bits per heavy atom. The van der Waals surface area contributed by atoms with Crippen LogP contribution in [0.5, 0.6) is 0 Å². The monoisotopic (exact) mass is 251 g/mol. The molecule has 94 valence electrons. The maximum atomic E-state index is 5.24. The van der Waals surface area contributed by atoms with Gasteiger partial charge in [-0.3, -0.25) is 0 Å². The summed E-state index contributed by atoms with van der Waals surface area (Å²) < 4.78 is 5.24. The standard InChI is InChI=1S/C15H13N3O/c1-11-7-5-6-10-13(11)16-15-17-14(19-18-15)12-8-3-2-4-9-12/h2-10H,1H3,(H,16,18). The molecule has 0 radical (unpaired) electrons. The summed E-state index contributed by atoms with van der Waals surface area (Å²) in [4.78, 5) is 4.33. The predicted octanol–water partition coefficient (Wildman–Crippen LogP) is 3.79. The van der Waals surface area contributed by atoms with Crippen molar-refractivity contribution in [3.63, 3.8) is 0 Å². The maximum Gasteiger partial charge on any atom is 0.268 e. The first-order chi connectivity index (χ1) is 9.33. The average Bonchev–Trinajstić information content (AvgIpc) is 2.91. The van der Waals surface area contributed by atoms with Crippen molar-refractivity contribution in [3.8, 4) is 11.5 Å². The second-order valence-corrected chi connectivity index (χ2v) is 4.23. The van der Waals surface area contributed by atoms with Crippen LogP contribution >= 0.6 is 0 Å². The fourth-order valence-electron chi connectivity index (χ4n) is 1.81. The summed E-state index contributed by atoms with van der Waals surface area (Å²) in [7, 11) is 0. The lowest BCUT2D eigenvalue weighted by atomic mass is 10.2. The molecule has 0 amide bonds. The quantitative estimate of drug-likeness (QED) is 0.769. The summed E-state index contributed by atoms with van der Waals surface area (Å²) >= 11 is 0. The van der Waals surface area contributed by atoms with Crippen LogP contribution in [0.2, 0.25) is 0 Å². The molecule has 0 spiro atoms. The van der Waals surface area contributed by atoms with E-state index in [0.717, 1.165) is 16.8 Å². The normalized spacial score (nSPS) is 10.4. The Labute approximate surface area is 111 Å². The van der Waals surface area contributed by atoms with E-state index in [1.807, 2.05) is 61.5 Å². The minimum absolute atomic E-state index is 0.466. The number of nitrogens with one attached hydrogen (secondary N) is 1. The fourth-order valence-corrected chi connectivity index (χ4v) is 1.81. The van der Waals surface area contributed by atoms with E-state index in [-0.39, 0.29) is 0 Å². The van der Waals surface area contributed by atoms with Gasteiger partial charge in [-0.15, -0.1) is 0 Å². The lowest BCUT2D eigenvalue weighted by molar-refractivity contribution is 0.433. The summed E-state index contributed by atoms with van der Waals surface area (Å²) in [6.45, 7) is 2.03. The van der Waals surface area contributed by atoms with Crippen LogP contribution in [0.25, 0.3) is 11.5 Å². The van der Waals surface area contributed by atoms with Crippen LogP contribution in [0.1, 0.15) is 5.56 Å². The molecular formula is C15H13N3O. The molecular weight excluding hydrogens is 238 g/mol. The van der Waals surface area contributed by atoms with Crippen molar-refractivity contribution in [3.05, 3.63) is 60.2 Å². The molecule has 0 saturated heterocycles. The van der Waals surface area contributed by atoms with Gasteiger partial charge < -0.3 is 9.84 Å². The molecule has 3 rings (SSSR count). The number of benzene rings is 2. The van der Waals surface area contributed by atoms with E-state index in [1.165, 1.54) is 0 Å². The number of para-hydroxylation sites is 1. The minimum Gasteiger partial charge on any atom is -0.332 e. The molecule has 1 heterocycles. The highest BCUT2D eigenvalue weighted by Crippen LogP contribution is 2.21. The van der Waals surface area contributed by atoms with Crippen molar-refractivity contribution in [1.82, 2.24) is 10.1 Å². The van der Waals surface area contributed by atoms with Crippen molar-refractivity contribution in [1.29, 1.82) is 0 Å². The number of aryl methyl sites for hydroxylation is 1. The molecule has 0 saturated carbocycles. The van der Waals surface area contributed by atoms with E-state index in [1.54, 1.807) is 0 Å². The number of hydrogen-bond donors (Lipinski definition) is 1. The van der Waals surface area contributed by atoms with Gasteiger partial charge >= 0.3 is 0 Å². The van der Waals surface area contributed by atoms with Crippen molar-refractivity contribution >= 4 is 11.6 Å². The van der Waals surface area contributed by atoms with E-state index >= 15 is 0 Å². The summed E-state index contributed by atoms with van der Waals surface area (Å²) in [5.74, 6) is 0.977. The molecule has 4 heteroatoms. The summed E-state index contributed by atoms with van der Waals surface area (Å²) in [6.07, 6.45) is 0. The molecule has 4 nitrogen and oxygen atoms in total. The number of hydrogen-bond acceptors (Lipinski definition) is 4. The van der Waals surface area contributed by atoms with Crippen LogP contribution in [-0.4, -0.2) is 10.1 Å². The topological polar surface area (TPSA) is 51.0 Å². The molecule has 0 fully saturated rings. The molecule has 0 bridgehead atoms. The first-order valence-electron chi connectivity index (χ1n) is 6.05. The van der Waals surface area contributed by atoms with Gasteiger partial charge in [0.15, 0.2) is 0 Å².